The molecule has 0 bridgehead atoms. The minimum atomic E-state index is -3.54. The van der Waals surface area contributed by atoms with Crippen molar-refractivity contribution < 1.29 is 22.0 Å². The second-order valence-corrected chi connectivity index (χ2v) is 6.42. The summed E-state index contributed by atoms with van der Waals surface area (Å²) in [6, 6.07) is 1.91. The smallest absolute Gasteiger partial charge is 0.239 e. The first-order chi connectivity index (χ1) is 7.69. The summed E-state index contributed by atoms with van der Waals surface area (Å²) in [5.74, 6) is -3.80. The molecule has 0 unspecified atom stereocenters. The number of amides is 1. The van der Waals surface area contributed by atoms with Crippen molar-refractivity contribution in [3.05, 3.63) is 28.2 Å². The van der Waals surface area contributed by atoms with E-state index >= 15 is 0 Å². The Morgan fingerprint density at radius 2 is 1.82 bits per heavy atom. The predicted molar refractivity (Wildman–Crippen MR) is 62.4 cm³/mol. The van der Waals surface area contributed by atoms with Gasteiger partial charge in [-0.3, -0.25) is 4.79 Å². The van der Waals surface area contributed by atoms with Crippen molar-refractivity contribution in [1.29, 1.82) is 0 Å². The van der Waals surface area contributed by atoms with Gasteiger partial charge in [-0.1, -0.05) is 15.9 Å². The summed E-state index contributed by atoms with van der Waals surface area (Å²) in [7, 11) is -3.54. The zero-order chi connectivity index (χ0) is 13.2. The number of anilines is 1. The molecule has 17 heavy (non-hydrogen) atoms. The second kappa shape index (κ2) is 5.09. The van der Waals surface area contributed by atoms with Gasteiger partial charge in [0.1, 0.15) is 11.4 Å². The Morgan fingerprint density at radius 3 is 2.24 bits per heavy atom. The standard InChI is InChI=1S/C9H8BrF2NO3S/c1-17(15,16)4-8(14)13-9-6(11)2-5(10)3-7(9)12/h2-3H,4H2,1H3,(H,13,14). The summed E-state index contributed by atoms with van der Waals surface area (Å²) in [6.45, 7) is 0. The van der Waals surface area contributed by atoms with Gasteiger partial charge >= 0.3 is 0 Å². The third-order valence-electron chi connectivity index (χ3n) is 1.66. The Hall–Kier alpha value is -1.02. The van der Waals surface area contributed by atoms with Crippen molar-refractivity contribution in [1.82, 2.24) is 0 Å². The number of carbonyl (C=O) groups is 1. The van der Waals surface area contributed by atoms with Gasteiger partial charge in [0, 0.05) is 10.7 Å². The Balaban J connectivity index is 2.93. The highest BCUT2D eigenvalue weighted by molar-refractivity contribution is 9.10. The van der Waals surface area contributed by atoms with E-state index in [4.69, 9.17) is 0 Å². The number of hydrogen-bond acceptors (Lipinski definition) is 3. The van der Waals surface area contributed by atoms with Gasteiger partial charge in [0.2, 0.25) is 5.91 Å². The zero-order valence-corrected chi connectivity index (χ0v) is 11.0. The van der Waals surface area contributed by atoms with Crippen LogP contribution >= 0.6 is 15.9 Å². The highest BCUT2D eigenvalue weighted by Gasteiger charge is 2.16. The molecule has 1 rings (SSSR count). The van der Waals surface area contributed by atoms with Gasteiger partial charge in [-0.15, -0.1) is 0 Å². The van der Waals surface area contributed by atoms with Crippen LogP contribution in [-0.2, 0) is 14.6 Å². The van der Waals surface area contributed by atoms with Crippen molar-refractivity contribution in [3.63, 3.8) is 0 Å². The van der Waals surface area contributed by atoms with Crippen molar-refractivity contribution in [2.45, 2.75) is 0 Å². The van der Waals surface area contributed by atoms with Crippen LogP contribution < -0.4 is 5.32 Å². The molecular formula is C9H8BrF2NO3S. The molecule has 0 aliphatic carbocycles. The van der Waals surface area contributed by atoms with E-state index in [-0.39, 0.29) is 4.47 Å². The maximum absolute atomic E-state index is 13.3. The normalized spacial score (nSPS) is 11.3. The van der Waals surface area contributed by atoms with Gasteiger partial charge in [0.05, 0.1) is 0 Å². The lowest BCUT2D eigenvalue weighted by atomic mass is 10.3. The molecule has 0 aliphatic rings. The Morgan fingerprint density at radius 1 is 1.35 bits per heavy atom. The van der Waals surface area contributed by atoms with Gasteiger partial charge in [-0.2, -0.15) is 0 Å². The first-order valence-electron chi connectivity index (χ1n) is 4.31. The lowest BCUT2D eigenvalue weighted by molar-refractivity contribution is -0.113. The van der Waals surface area contributed by atoms with Crippen LogP contribution in [0.25, 0.3) is 0 Å². The summed E-state index contributed by atoms with van der Waals surface area (Å²) in [5.41, 5.74) is -0.665. The summed E-state index contributed by atoms with van der Waals surface area (Å²) in [6.07, 6.45) is 0.848. The number of hydrogen-bond donors (Lipinski definition) is 1. The molecule has 1 amide bonds. The zero-order valence-electron chi connectivity index (χ0n) is 8.63. The number of rotatable bonds is 3. The minimum Gasteiger partial charge on any atom is -0.320 e. The SMILES string of the molecule is CS(=O)(=O)CC(=O)Nc1c(F)cc(Br)cc1F. The third-order valence-corrected chi connectivity index (χ3v) is 2.91. The second-order valence-electron chi connectivity index (χ2n) is 3.36. The summed E-state index contributed by atoms with van der Waals surface area (Å²) in [4.78, 5) is 11.2. The molecule has 1 aromatic carbocycles. The van der Waals surface area contributed by atoms with E-state index in [0.29, 0.717) is 0 Å². The maximum Gasteiger partial charge on any atom is 0.239 e. The van der Waals surface area contributed by atoms with E-state index in [9.17, 15) is 22.0 Å². The fraction of sp³-hybridized carbons (Fsp3) is 0.222. The van der Waals surface area contributed by atoms with Crippen LogP contribution in [0.5, 0.6) is 0 Å². The van der Waals surface area contributed by atoms with Crippen LogP contribution in [0.1, 0.15) is 0 Å². The fourth-order valence-electron chi connectivity index (χ4n) is 1.08. The molecule has 8 heteroatoms. The van der Waals surface area contributed by atoms with Crippen molar-refractivity contribution in [3.8, 4) is 0 Å². The number of nitrogens with one attached hydrogen (secondary N) is 1. The topological polar surface area (TPSA) is 63.2 Å². The van der Waals surface area contributed by atoms with Crippen molar-refractivity contribution in [2.75, 3.05) is 17.3 Å². The third kappa shape index (κ3) is 4.39. The van der Waals surface area contributed by atoms with Gasteiger partial charge in [0.15, 0.2) is 21.5 Å². The first-order valence-corrected chi connectivity index (χ1v) is 7.16. The molecule has 0 spiro atoms. The largest absolute Gasteiger partial charge is 0.320 e. The van der Waals surface area contributed by atoms with Crippen LogP contribution in [0.3, 0.4) is 0 Å². The monoisotopic (exact) mass is 327 g/mol. The summed E-state index contributed by atoms with van der Waals surface area (Å²) < 4.78 is 48.3. The van der Waals surface area contributed by atoms with Crippen LogP contribution in [0.2, 0.25) is 0 Å². The van der Waals surface area contributed by atoms with Crippen molar-refractivity contribution >= 4 is 37.4 Å². The molecular weight excluding hydrogens is 320 g/mol. The van der Waals surface area contributed by atoms with E-state index in [1.54, 1.807) is 0 Å². The highest BCUT2D eigenvalue weighted by Crippen LogP contribution is 2.23. The van der Waals surface area contributed by atoms with E-state index < -0.39 is 38.8 Å². The fourth-order valence-corrected chi connectivity index (χ4v) is 2.03. The Labute approximate surface area is 105 Å². The number of halogens is 3. The van der Waals surface area contributed by atoms with E-state index in [0.717, 1.165) is 18.4 Å². The Bertz CT molecular complexity index is 536. The number of sulfone groups is 1. The molecule has 0 aromatic heterocycles. The molecule has 4 nitrogen and oxygen atoms in total. The van der Waals surface area contributed by atoms with E-state index in [1.807, 2.05) is 5.32 Å². The molecule has 0 atom stereocenters. The van der Waals surface area contributed by atoms with Crippen LogP contribution in [0.15, 0.2) is 16.6 Å². The molecule has 1 N–H and O–H groups in total. The lowest BCUT2D eigenvalue weighted by Crippen LogP contribution is -2.23. The highest BCUT2D eigenvalue weighted by atomic mass is 79.9. The summed E-state index contributed by atoms with van der Waals surface area (Å²) in [5, 5.41) is 1.87. The molecule has 0 fully saturated rings. The van der Waals surface area contributed by atoms with Gasteiger partial charge in [0.25, 0.3) is 0 Å². The van der Waals surface area contributed by atoms with Crippen LogP contribution in [0, 0.1) is 11.6 Å². The van der Waals surface area contributed by atoms with Crippen LogP contribution in [0.4, 0.5) is 14.5 Å². The van der Waals surface area contributed by atoms with Crippen LogP contribution in [-0.4, -0.2) is 26.3 Å². The number of benzene rings is 1. The predicted octanol–water partition coefficient (Wildman–Crippen LogP) is 1.71. The molecule has 0 radical (unpaired) electrons. The average molecular weight is 328 g/mol. The molecule has 94 valence electrons. The minimum absolute atomic E-state index is 0.175. The average Bonchev–Trinajstić information content (AvgIpc) is 2.08. The molecule has 0 heterocycles. The molecule has 1 aromatic rings. The maximum atomic E-state index is 13.3. The van der Waals surface area contributed by atoms with Gasteiger partial charge in [-0.25, -0.2) is 17.2 Å². The first kappa shape index (κ1) is 14.0. The van der Waals surface area contributed by atoms with Gasteiger partial charge < -0.3 is 5.32 Å². The van der Waals surface area contributed by atoms with Gasteiger partial charge in [-0.05, 0) is 12.1 Å². The van der Waals surface area contributed by atoms with E-state index in [1.165, 1.54) is 0 Å². The number of carbonyl (C=O) groups excluding carboxylic acids is 1. The Kier molecular flexibility index (Phi) is 4.21. The van der Waals surface area contributed by atoms with Crippen molar-refractivity contribution in [2.24, 2.45) is 0 Å². The lowest BCUT2D eigenvalue weighted by Gasteiger charge is -2.07. The molecule has 0 saturated heterocycles. The van der Waals surface area contributed by atoms with E-state index in [2.05, 4.69) is 15.9 Å². The molecule has 0 saturated carbocycles. The quantitative estimate of drug-likeness (QED) is 0.919. The summed E-state index contributed by atoms with van der Waals surface area (Å²) >= 11 is 2.87. The molecule has 0 aliphatic heterocycles.